The fourth-order valence-electron chi connectivity index (χ4n) is 3.42. The van der Waals surface area contributed by atoms with Crippen molar-refractivity contribution in [1.29, 1.82) is 0 Å². The molecular formula is C21H26ClN3O3S. The highest BCUT2D eigenvalue weighted by atomic mass is 35.5. The van der Waals surface area contributed by atoms with Crippen molar-refractivity contribution in [2.24, 2.45) is 0 Å². The maximum absolute atomic E-state index is 12.5. The van der Waals surface area contributed by atoms with E-state index in [0.717, 1.165) is 41.8 Å². The quantitative estimate of drug-likeness (QED) is 0.726. The van der Waals surface area contributed by atoms with Crippen LogP contribution in [0, 0.1) is 0 Å². The van der Waals surface area contributed by atoms with Crippen LogP contribution in [0.1, 0.15) is 18.4 Å². The van der Waals surface area contributed by atoms with Gasteiger partial charge in [0.05, 0.1) is 11.4 Å². The highest BCUT2D eigenvalue weighted by Gasteiger charge is 2.25. The summed E-state index contributed by atoms with van der Waals surface area (Å²) >= 11 is 5.93. The van der Waals surface area contributed by atoms with Crippen molar-refractivity contribution < 1.29 is 13.2 Å². The minimum absolute atomic E-state index is 0.0665. The number of amides is 1. The highest BCUT2D eigenvalue weighted by molar-refractivity contribution is 7.89. The first-order valence-electron chi connectivity index (χ1n) is 9.62. The van der Waals surface area contributed by atoms with E-state index in [1.807, 2.05) is 24.3 Å². The van der Waals surface area contributed by atoms with Crippen molar-refractivity contribution in [2.45, 2.75) is 30.3 Å². The summed E-state index contributed by atoms with van der Waals surface area (Å²) in [5, 5.41) is 3.71. The Morgan fingerprint density at radius 2 is 1.72 bits per heavy atom. The van der Waals surface area contributed by atoms with Gasteiger partial charge in [0, 0.05) is 37.7 Å². The van der Waals surface area contributed by atoms with Crippen LogP contribution < -0.4 is 5.32 Å². The second-order valence-corrected chi connectivity index (χ2v) is 9.80. The second-order valence-electron chi connectivity index (χ2n) is 7.32. The van der Waals surface area contributed by atoms with E-state index in [9.17, 15) is 13.2 Å². The Kier molecular flexibility index (Phi) is 7.29. The first-order valence-corrected chi connectivity index (χ1v) is 11.4. The number of carbonyl (C=O) groups is 1. The molecule has 1 aliphatic heterocycles. The van der Waals surface area contributed by atoms with Gasteiger partial charge in [-0.05, 0) is 42.7 Å². The molecular weight excluding hydrogens is 410 g/mol. The molecule has 1 aliphatic rings. The number of nitrogens with one attached hydrogen (secondary N) is 1. The molecule has 1 N–H and O–H groups in total. The van der Waals surface area contributed by atoms with E-state index >= 15 is 0 Å². The van der Waals surface area contributed by atoms with Crippen LogP contribution in [0.5, 0.6) is 0 Å². The molecule has 0 unspecified atom stereocenters. The van der Waals surface area contributed by atoms with Gasteiger partial charge in [0.1, 0.15) is 0 Å². The van der Waals surface area contributed by atoms with E-state index in [1.165, 1.54) is 24.7 Å². The molecule has 1 saturated heterocycles. The van der Waals surface area contributed by atoms with Gasteiger partial charge in [0.25, 0.3) is 0 Å². The Labute approximate surface area is 177 Å². The summed E-state index contributed by atoms with van der Waals surface area (Å²) in [6.07, 6.45) is 1.68. The van der Waals surface area contributed by atoms with Gasteiger partial charge in [-0.3, -0.25) is 9.69 Å². The molecule has 1 amide bonds. The van der Waals surface area contributed by atoms with Crippen LogP contribution in [-0.2, 0) is 21.4 Å². The summed E-state index contributed by atoms with van der Waals surface area (Å²) in [7, 11) is -2.24. The number of likely N-dealkylation sites (N-methyl/N-ethyl adjacent to an activating group) is 1. The smallest absolute Gasteiger partial charge is 0.243 e. The third kappa shape index (κ3) is 6.02. The summed E-state index contributed by atoms with van der Waals surface area (Å²) in [6.45, 7) is 2.43. The van der Waals surface area contributed by atoms with Gasteiger partial charge in [0.15, 0.2) is 0 Å². The van der Waals surface area contributed by atoms with Crippen LogP contribution in [0.15, 0.2) is 59.5 Å². The summed E-state index contributed by atoms with van der Waals surface area (Å²) in [5.41, 5.74) is 1.21. The molecule has 0 saturated carbocycles. The largest absolute Gasteiger partial charge is 0.352 e. The van der Waals surface area contributed by atoms with Gasteiger partial charge in [-0.25, -0.2) is 8.42 Å². The number of hydrogen-bond donors (Lipinski definition) is 1. The monoisotopic (exact) mass is 435 g/mol. The zero-order chi connectivity index (χ0) is 20.9. The summed E-state index contributed by atoms with van der Waals surface area (Å²) in [6, 6.07) is 16.0. The van der Waals surface area contributed by atoms with Crippen molar-refractivity contribution in [3.8, 4) is 0 Å². The van der Waals surface area contributed by atoms with Gasteiger partial charge in [0.2, 0.25) is 15.9 Å². The minimum Gasteiger partial charge on any atom is -0.352 e. The summed E-state index contributed by atoms with van der Waals surface area (Å²) in [4.78, 5) is 14.9. The topological polar surface area (TPSA) is 69.7 Å². The predicted molar refractivity (Wildman–Crippen MR) is 114 cm³/mol. The Hall–Kier alpha value is -1.93. The number of nitrogens with zero attached hydrogens (tertiary/aromatic N) is 2. The fourth-order valence-corrected chi connectivity index (χ4v) is 4.69. The molecule has 8 heteroatoms. The van der Waals surface area contributed by atoms with E-state index in [-0.39, 0.29) is 23.4 Å². The molecule has 2 aromatic rings. The van der Waals surface area contributed by atoms with Crippen LogP contribution >= 0.6 is 11.6 Å². The normalized spacial score (nSPS) is 16.1. The first kappa shape index (κ1) is 21.8. The SMILES string of the molecule is CN(CC(=O)NC1CCN(Cc2ccc(Cl)cc2)CC1)S(=O)(=O)c1ccccc1. The van der Waals surface area contributed by atoms with Crippen molar-refractivity contribution in [3.63, 3.8) is 0 Å². The van der Waals surface area contributed by atoms with Crippen molar-refractivity contribution in [3.05, 3.63) is 65.2 Å². The predicted octanol–water partition coefficient (Wildman–Crippen LogP) is 2.74. The van der Waals surface area contributed by atoms with Crippen molar-refractivity contribution >= 4 is 27.5 Å². The van der Waals surface area contributed by atoms with Gasteiger partial charge in [-0.2, -0.15) is 4.31 Å². The van der Waals surface area contributed by atoms with Gasteiger partial charge >= 0.3 is 0 Å². The minimum atomic E-state index is -3.67. The number of rotatable bonds is 7. The van der Waals surface area contributed by atoms with Crippen LogP contribution in [-0.4, -0.2) is 56.3 Å². The molecule has 1 heterocycles. The fraction of sp³-hybridized carbons (Fsp3) is 0.381. The lowest BCUT2D eigenvalue weighted by molar-refractivity contribution is -0.122. The van der Waals surface area contributed by atoms with Gasteiger partial charge < -0.3 is 5.32 Å². The Balaban J connectivity index is 1.45. The van der Waals surface area contributed by atoms with Gasteiger partial charge in [-0.15, -0.1) is 0 Å². The van der Waals surface area contributed by atoms with E-state index in [1.54, 1.807) is 18.2 Å². The van der Waals surface area contributed by atoms with Crippen LogP contribution in [0.4, 0.5) is 0 Å². The number of halogens is 1. The number of carbonyl (C=O) groups excluding carboxylic acids is 1. The lowest BCUT2D eigenvalue weighted by Crippen LogP contribution is -2.47. The molecule has 0 radical (unpaired) electrons. The average Bonchev–Trinajstić information content (AvgIpc) is 2.71. The average molecular weight is 436 g/mol. The molecule has 29 heavy (non-hydrogen) atoms. The lowest BCUT2D eigenvalue weighted by atomic mass is 10.0. The summed E-state index contributed by atoms with van der Waals surface area (Å²) < 4.78 is 26.1. The highest BCUT2D eigenvalue weighted by Crippen LogP contribution is 2.17. The number of benzene rings is 2. The molecule has 0 bridgehead atoms. The molecule has 0 aliphatic carbocycles. The second kappa shape index (κ2) is 9.71. The molecule has 0 atom stereocenters. The molecule has 0 aromatic heterocycles. The van der Waals surface area contributed by atoms with E-state index in [0.29, 0.717) is 0 Å². The molecule has 0 spiro atoms. The number of hydrogen-bond acceptors (Lipinski definition) is 4. The Morgan fingerprint density at radius 3 is 2.34 bits per heavy atom. The third-order valence-corrected chi connectivity index (χ3v) is 7.16. The number of piperidine rings is 1. The third-order valence-electron chi connectivity index (χ3n) is 5.09. The Morgan fingerprint density at radius 1 is 1.10 bits per heavy atom. The number of likely N-dealkylation sites (tertiary alicyclic amines) is 1. The van der Waals surface area contributed by atoms with E-state index in [4.69, 9.17) is 11.6 Å². The first-order chi connectivity index (χ1) is 13.8. The zero-order valence-corrected chi connectivity index (χ0v) is 18.0. The number of sulfonamides is 1. The van der Waals surface area contributed by atoms with Crippen molar-refractivity contribution in [1.82, 2.24) is 14.5 Å². The lowest BCUT2D eigenvalue weighted by Gasteiger charge is -2.32. The zero-order valence-electron chi connectivity index (χ0n) is 16.4. The van der Waals surface area contributed by atoms with Gasteiger partial charge in [-0.1, -0.05) is 41.9 Å². The maximum atomic E-state index is 12.5. The maximum Gasteiger partial charge on any atom is 0.243 e. The molecule has 1 fully saturated rings. The molecule has 2 aromatic carbocycles. The molecule has 6 nitrogen and oxygen atoms in total. The van der Waals surface area contributed by atoms with E-state index in [2.05, 4.69) is 10.2 Å². The van der Waals surface area contributed by atoms with Crippen molar-refractivity contribution in [2.75, 3.05) is 26.7 Å². The summed E-state index contributed by atoms with van der Waals surface area (Å²) in [5.74, 6) is -0.275. The molecule has 3 rings (SSSR count). The molecule has 156 valence electrons. The Bertz CT molecular complexity index is 912. The van der Waals surface area contributed by atoms with Crippen LogP contribution in [0.2, 0.25) is 5.02 Å². The standard InChI is InChI=1S/C21H26ClN3O3S/c1-24(29(27,28)20-5-3-2-4-6-20)16-21(26)23-19-11-13-25(14-12-19)15-17-7-9-18(22)10-8-17/h2-10,19H,11-16H2,1H3,(H,23,26). The van der Waals surface area contributed by atoms with Crippen LogP contribution in [0.25, 0.3) is 0 Å². The van der Waals surface area contributed by atoms with E-state index < -0.39 is 10.0 Å². The van der Waals surface area contributed by atoms with Crippen LogP contribution in [0.3, 0.4) is 0 Å².